The van der Waals surface area contributed by atoms with Crippen molar-refractivity contribution in [2.45, 2.75) is 202 Å². The van der Waals surface area contributed by atoms with Gasteiger partial charge in [0.15, 0.2) is 0 Å². The number of rotatable bonds is 25. The standard InChI is InChI=1S/C15H20N2O.C15H23NO2.C14H20BrNO.C14H20ClNO.C14H20FNO.C14H21NO2/c1-5-15(2,3)14(18)17(4)11-13-8-6-7-12(9-13)10-16;1-6-15(2,3)14(17)16(4)11-12-8-7-9-13(10-12)18-5;3*1-5-14(2,3)13(17)16(4)10-11-7-6-8-12(15)9-11;1-5-14(2,3)13(17)15(4)10-11-7-6-8-12(16)9-11/h6-9H,5,11H2,1-4H3;7-10H,6,11H2,1-5H3;3*6-9H,5,10H2,1-4H3;6-9,16H,5,10H2,1-4H3. The fourth-order valence-corrected chi connectivity index (χ4v) is 10.8. The van der Waals surface area contributed by atoms with Crippen molar-refractivity contribution in [1.82, 2.24) is 29.4 Å². The molecule has 0 fully saturated rings. The maximum atomic E-state index is 13.0. The minimum Gasteiger partial charge on any atom is -0.508 e. The number of carbonyl (C=O) groups is 6. The minimum absolute atomic E-state index is 0.0873. The lowest BCUT2D eigenvalue weighted by Gasteiger charge is -2.28. The molecule has 0 aliphatic carbocycles. The molecule has 18 heteroatoms. The number of carbonyl (C=O) groups excluding carboxylic acids is 6. The summed E-state index contributed by atoms with van der Waals surface area (Å²) in [6, 6.07) is 46.3. The predicted octanol–water partition coefficient (Wildman–Crippen LogP) is 19.6. The van der Waals surface area contributed by atoms with Gasteiger partial charge < -0.3 is 39.2 Å². The van der Waals surface area contributed by atoms with Gasteiger partial charge in [0, 0.05) is 124 Å². The maximum Gasteiger partial charge on any atom is 0.228 e. The highest BCUT2D eigenvalue weighted by Crippen LogP contribution is 2.30. The van der Waals surface area contributed by atoms with E-state index in [0.717, 1.165) is 82.1 Å². The Bertz CT molecular complexity index is 3420. The third-order valence-corrected chi connectivity index (χ3v) is 19.9. The molecule has 6 aromatic carbocycles. The van der Waals surface area contributed by atoms with E-state index in [2.05, 4.69) is 22.0 Å². The summed E-state index contributed by atoms with van der Waals surface area (Å²) in [7, 11) is 12.5. The van der Waals surface area contributed by atoms with E-state index in [1.807, 2.05) is 249 Å². The molecule has 15 nitrogen and oxygen atoms in total. The Kier molecular flexibility index (Phi) is 39.8. The van der Waals surface area contributed by atoms with Crippen LogP contribution in [0.1, 0.15) is 202 Å². The molecule has 0 aromatic heterocycles. The van der Waals surface area contributed by atoms with Crippen molar-refractivity contribution in [3.63, 3.8) is 0 Å². The number of hydrogen-bond acceptors (Lipinski definition) is 9. The first-order chi connectivity index (χ1) is 48.3. The Morgan fingerprint density at radius 3 is 0.971 bits per heavy atom. The number of phenolic OH excluding ortho intramolecular Hbond substituents is 1. The van der Waals surface area contributed by atoms with Gasteiger partial charge in [-0.2, -0.15) is 5.26 Å². The van der Waals surface area contributed by atoms with Crippen LogP contribution in [0.3, 0.4) is 0 Å². The number of nitriles is 1. The van der Waals surface area contributed by atoms with E-state index in [-0.39, 0.29) is 79.5 Å². The predicted molar refractivity (Wildman–Crippen MR) is 428 cm³/mol. The quantitative estimate of drug-likeness (QED) is 0.0585. The van der Waals surface area contributed by atoms with Crippen molar-refractivity contribution in [2.24, 2.45) is 32.5 Å². The van der Waals surface area contributed by atoms with E-state index < -0.39 is 0 Å². The normalized spacial score (nSPS) is 11.2. The number of aromatic hydroxyl groups is 1. The fraction of sp³-hybridized carbons (Fsp3) is 0.500. The molecule has 572 valence electrons. The van der Waals surface area contributed by atoms with Crippen LogP contribution in [-0.4, -0.2) is 119 Å². The number of phenols is 1. The molecule has 6 aromatic rings. The third-order valence-electron chi connectivity index (χ3n) is 19.1. The van der Waals surface area contributed by atoms with Crippen molar-refractivity contribution in [2.75, 3.05) is 49.4 Å². The fourth-order valence-electron chi connectivity index (χ4n) is 10.2. The van der Waals surface area contributed by atoms with Crippen LogP contribution in [0.15, 0.2) is 150 Å². The van der Waals surface area contributed by atoms with Crippen molar-refractivity contribution >= 4 is 63.0 Å². The van der Waals surface area contributed by atoms with Crippen LogP contribution in [0.4, 0.5) is 4.39 Å². The van der Waals surface area contributed by atoms with Crippen LogP contribution in [0, 0.1) is 49.6 Å². The number of ether oxygens (including phenoxy) is 1. The second kappa shape index (κ2) is 44.0. The van der Waals surface area contributed by atoms with E-state index in [9.17, 15) is 38.3 Å². The molecule has 0 radical (unpaired) electrons. The zero-order chi connectivity index (χ0) is 79.7. The molecular formula is C86H124BrClFN7O8. The van der Waals surface area contributed by atoms with Gasteiger partial charge in [-0.1, -0.05) is 225 Å². The maximum absolute atomic E-state index is 13.0. The Balaban J connectivity index is 0.000000624. The van der Waals surface area contributed by atoms with E-state index in [4.69, 9.17) is 21.6 Å². The first-order valence-corrected chi connectivity index (χ1v) is 37.1. The summed E-state index contributed by atoms with van der Waals surface area (Å²) < 4.78 is 19.2. The van der Waals surface area contributed by atoms with Crippen LogP contribution < -0.4 is 4.74 Å². The molecule has 104 heavy (non-hydrogen) atoms. The van der Waals surface area contributed by atoms with Crippen LogP contribution in [-0.2, 0) is 68.0 Å². The van der Waals surface area contributed by atoms with E-state index >= 15 is 0 Å². The Morgan fingerprint density at radius 1 is 0.404 bits per heavy atom. The summed E-state index contributed by atoms with van der Waals surface area (Å²) in [6.07, 6.45) is 4.96. The average molecular weight is 1520 g/mol. The van der Waals surface area contributed by atoms with Gasteiger partial charge in [0.25, 0.3) is 0 Å². The summed E-state index contributed by atoms with van der Waals surface area (Å²) >= 11 is 9.36. The molecule has 0 saturated carbocycles. The summed E-state index contributed by atoms with van der Waals surface area (Å²) in [5, 5.41) is 18.9. The Morgan fingerprint density at radius 2 is 0.673 bits per heavy atom. The zero-order valence-electron chi connectivity index (χ0n) is 67.4. The van der Waals surface area contributed by atoms with Gasteiger partial charge in [0.05, 0.1) is 18.7 Å². The lowest BCUT2D eigenvalue weighted by molar-refractivity contribution is -0.140. The number of halogens is 3. The molecule has 0 aliphatic rings. The van der Waals surface area contributed by atoms with Gasteiger partial charge in [0.2, 0.25) is 35.4 Å². The van der Waals surface area contributed by atoms with Gasteiger partial charge in [-0.15, -0.1) is 0 Å². The third kappa shape index (κ3) is 32.5. The largest absolute Gasteiger partial charge is 0.508 e. The van der Waals surface area contributed by atoms with E-state index in [1.54, 1.807) is 88.0 Å². The molecule has 0 heterocycles. The van der Waals surface area contributed by atoms with Crippen molar-refractivity contribution in [3.05, 3.63) is 200 Å². The summed E-state index contributed by atoms with van der Waals surface area (Å²) in [5.41, 5.74) is 4.75. The smallest absolute Gasteiger partial charge is 0.228 e. The molecule has 0 unspecified atom stereocenters. The lowest BCUT2D eigenvalue weighted by Crippen LogP contribution is -2.37. The number of hydrogen-bond donors (Lipinski definition) is 1. The topological polar surface area (TPSA) is 175 Å². The zero-order valence-corrected chi connectivity index (χ0v) is 69.8. The van der Waals surface area contributed by atoms with E-state index in [1.165, 1.54) is 12.1 Å². The first-order valence-electron chi connectivity index (χ1n) is 35.9. The lowest BCUT2D eigenvalue weighted by atomic mass is 9.88. The molecular weight excluding hydrogens is 1390 g/mol. The summed E-state index contributed by atoms with van der Waals surface area (Å²) in [6.45, 7) is 39.1. The first kappa shape index (κ1) is 93.9. The Hall–Kier alpha value is -8.07. The van der Waals surface area contributed by atoms with E-state index in [0.29, 0.717) is 49.9 Å². The number of amides is 6. The molecule has 0 bridgehead atoms. The van der Waals surface area contributed by atoms with Gasteiger partial charge in [0.1, 0.15) is 17.3 Å². The molecule has 0 spiro atoms. The highest BCUT2D eigenvalue weighted by atomic mass is 79.9. The SMILES string of the molecule is CCC(C)(C)C(=O)N(C)Cc1cccc(Br)c1.CCC(C)(C)C(=O)N(C)Cc1cccc(C#N)c1.CCC(C)(C)C(=O)N(C)Cc1cccc(Cl)c1.CCC(C)(C)C(=O)N(C)Cc1cccc(F)c1.CCC(C)(C)C(=O)N(C)Cc1cccc(O)c1.CCC(C)(C)C(=O)N(C)Cc1cccc(OC)c1. The van der Waals surface area contributed by atoms with Crippen LogP contribution in [0.5, 0.6) is 11.5 Å². The second-order valence-electron chi connectivity index (χ2n) is 30.6. The number of benzene rings is 6. The van der Waals surface area contributed by atoms with Gasteiger partial charge in [-0.25, -0.2) is 4.39 Å². The second-order valence-corrected chi connectivity index (χ2v) is 32.0. The van der Waals surface area contributed by atoms with Crippen molar-refractivity contribution < 1.29 is 43.0 Å². The van der Waals surface area contributed by atoms with Gasteiger partial charge in [-0.3, -0.25) is 28.8 Å². The highest BCUT2D eigenvalue weighted by molar-refractivity contribution is 9.10. The molecule has 0 aliphatic heterocycles. The minimum atomic E-state index is -0.359. The summed E-state index contributed by atoms with van der Waals surface area (Å²) in [5.74, 6) is 1.67. The monoisotopic (exact) mass is 1520 g/mol. The van der Waals surface area contributed by atoms with Crippen LogP contribution >= 0.6 is 27.5 Å². The highest BCUT2D eigenvalue weighted by Gasteiger charge is 2.33. The molecule has 0 atom stereocenters. The number of nitrogens with zero attached hydrogens (tertiary/aromatic N) is 7. The van der Waals surface area contributed by atoms with Gasteiger partial charge >= 0.3 is 0 Å². The summed E-state index contributed by atoms with van der Waals surface area (Å²) in [4.78, 5) is 83.5. The van der Waals surface area contributed by atoms with Gasteiger partial charge in [-0.05, 0) is 145 Å². The molecule has 1 N–H and O–H groups in total. The molecule has 0 saturated heterocycles. The molecule has 6 amide bonds. The van der Waals surface area contributed by atoms with Crippen molar-refractivity contribution in [3.8, 4) is 17.6 Å². The van der Waals surface area contributed by atoms with Crippen LogP contribution in [0.25, 0.3) is 0 Å². The Labute approximate surface area is 638 Å². The van der Waals surface area contributed by atoms with Crippen molar-refractivity contribution in [1.29, 1.82) is 5.26 Å². The molecule has 6 rings (SSSR count). The number of methoxy groups -OCH3 is 1. The van der Waals surface area contributed by atoms with Crippen LogP contribution in [0.2, 0.25) is 5.02 Å². The average Bonchev–Trinajstić information content (AvgIpc) is 0.897.